The fraction of sp³-hybridized carbons (Fsp3) is 0.333. The zero-order valence-corrected chi connectivity index (χ0v) is 9.95. The Morgan fingerprint density at radius 3 is 3.05 bits per heavy atom. The molecular weight excluding hydrogens is 249 g/mol. The highest BCUT2D eigenvalue weighted by atomic mass is 19.1. The Hall–Kier alpha value is -2.58. The summed E-state index contributed by atoms with van der Waals surface area (Å²) in [6.07, 6.45) is 0.235. The van der Waals surface area contributed by atoms with Crippen LogP contribution in [0.3, 0.4) is 0 Å². The second kappa shape index (κ2) is 5.38. The van der Waals surface area contributed by atoms with Crippen LogP contribution in [0, 0.1) is 23.1 Å². The molecule has 0 aliphatic carbocycles. The molecule has 1 saturated heterocycles. The van der Waals surface area contributed by atoms with Gasteiger partial charge in [-0.25, -0.2) is 4.39 Å². The molecule has 0 radical (unpaired) electrons. The Morgan fingerprint density at radius 2 is 2.42 bits per heavy atom. The molecular formula is C12H10FN5O. The molecule has 6 nitrogen and oxygen atoms in total. The van der Waals surface area contributed by atoms with Gasteiger partial charge < -0.3 is 4.90 Å². The van der Waals surface area contributed by atoms with E-state index in [1.165, 1.54) is 17.0 Å². The predicted octanol–water partition coefficient (Wildman–Crippen LogP) is 2.36. The molecule has 0 N–H and O–H groups in total. The van der Waals surface area contributed by atoms with Crippen molar-refractivity contribution in [2.24, 2.45) is 11.0 Å². The summed E-state index contributed by atoms with van der Waals surface area (Å²) in [5.41, 5.74) is 8.61. The second-order valence-electron chi connectivity index (χ2n) is 4.27. The Balaban J connectivity index is 2.21. The van der Waals surface area contributed by atoms with Crippen LogP contribution in [-0.4, -0.2) is 19.0 Å². The lowest BCUT2D eigenvalue weighted by atomic mass is 10.1. The van der Waals surface area contributed by atoms with Crippen LogP contribution >= 0.6 is 0 Å². The van der Waals surface area contributed by atoms with Gasteiger partial charge in [-0.15, -0.1) is 0 Å². The Labute approximate surface area is 108 Å². The zero-order valence-electron chi connectivity index (χ0n) is 9.95. The van der Waals surface area contributed by atoms with E-state index in [2.05, 4.69) is 10.0 Å². The van der Waals surface area contributed by atoms with Crippen LogP contribution in [0.25, 0.3) is 10.4 Å². The van der Waals surface area contributed by atoms with Gasteiger partial charge in [-0.3, -0.25) is 4.79 Å². The highest BCUT2D eigenvalue weighted by molar-refractivity contribution is 5.95. The lowest BCUT2D eigenvalue weighted by Gasteiger charge is -2.17. The van der Waals surface area contributed by atoms with Gasteiger partial charge in [-0.1, -0.05) is 5.11 Å². The minimum atomic E-state index is -0.600. The molecule has 2 rings (SSSR count). The summed E-state index contributed by atoms with van der Waals surface area (Å²) in [6.45, 7) is 0.539. The zero-order chi connectivity index (χ0) is 13.8. The van der Waals surface area contributed by atoms with Crippen LogP contribution in [0.4, 0.5) is 10.1 Å². The maximum absolute atomic E-state index is 13.8. The van der Waals surface area contributed by atoms with Crippen LogP contribution in [0.2, 0.25) is 0 Å². The number of nitriles is 1. The van der Waals surface area contributed by atoms with Gasteiger partial charge in [0.2, 0.25) is 5.91 Å². The van der Waals surface area contributed by atoms with Gasteiger partial charge in [0.25, 0.3) is 0 Å². The van der Waals surface area contributed by atoms with Crippen LogP contribution in [0.1, 0.15) is 12.0 Å². The van der Waals surface area contributed by atoms with Gasteiger partial charge in [0.15, 0.2) is 0 Å². The van der Waals surface area contributed by atoms with E-state index in [1.807, 2.05) is 6.07 Å². The van der Waals surface area contributed by atoms with Gasteiger partial charge in [0, 0.05) is 24.4 Å². The Morgan fingerprint density at radius 1 is 1.63 bits per heavy atom. The lowest BCUT2D eigenvalue weighted by Crippen LogP contribution is -2.25. The minimum Gasteiger partial charge on any atom is -0.309 e. The molecule has 0 aromatic heterocycles. The third kappa shape index (κ3) is 2.64. The number of amides is 1. The molecule has 1 aliphatic rings. The van der Waals surface area contributed by atoms with Crippen LogP contribution in [0.15, 0.2) is 23.3 Å². The number of benzene rings is 1. The third-order valence-corrected chi connectivity index (χ3v) is 2.98. The van der Waals surface area contributed by atoms with Crippen LogP contribution < -0.4 is 4.90 Å². The third-order valence-electron chi connectivity index (χ3n) is 2.98. The topological polar surface area (TPSA) is 92.9 Å². The maximum atomic E-state index is 13.8. The van der Waals surface area contributed by atoms with E-state index < -0.39 is 5.82 Å². The van der Waals surface area contributed by atoms with E-state index in [0.717, 1.165) is 6.07 Å². The van der Waals surface area contributed by atoms with Gasteiger partial charge in [-0.05, 0) is 29.6 Å². The SMILES string of the molecule is N#Cc1ccc(N2CC(CN=[N+]=[N-])CC2=O)c(F)c1. The number of hydrogen-bond acceptors (Lipinski definition) is 3. The number of carbonyl (C=O) groups excluding carboxylic acids is 1. The first-order chi connectivity index (χ1) is 9.15. The molecule has 1 aromatic carbocycles. The van der Waals surface area contributed by atoms with E-state index in [-0.39, 0.29) is 36.0 Å². The number of hydrogen-bond donors (Lipinski definition) is 0. The average molecular weight is 259 g/mol. The van der Waals surface area contributed by atoms with Crippen molar-refractivity contribution < 1.29 is 9.18 Å². The first-order valence-electron chi connectivity index (χ1n) is 5.66. The van der Waals surface area contributed by atoms with Crippen molar-refractivity contribution in [1.82, 2.24) is 0 Å². The normalized spacial score (nSPS) is 18.0. The molecule has 1 fully saturated rings. The second-order valence-corrected chi connectivity index (χ2v) is 4.27. The summed E-state index contributed by atoms with van der Waals surface area (Å²) < 4.78 is 13.8. The molecule has 7 heteroatoms. The molecule has 96 valence electrons. The van der Waals surface area contributed by atoms with Crippen molar-refractivity contribution in [3.8, 4) is 6.07 Å². The molecule has 19 heavy (non-hydrogen) atoms. The number of anilines is 1. The fourth-order valence-corrected chi connectivity index (χ4v) is 2.08. The summed E-state index contributed by atoms with van der Waals surface area (Å²) in [6, 6.07) is 5.82. The minimum absolute atomic E-state index is 0.0987. The Bertz CT molecular complexity index is 603. The molecule has 0 spiro atoms. The van der Waals surface area contributed by atoms with Gasteiger partial charge in [0.1, 0.15) is 5.82 Å². The highest BCUT2D eigenvalue weighted by Crippen LogP contribution is 2.28. The van der Waals surface area contributed by atoms with E-state index in [9.17, 15) is 9.18 Å². The fourth-order valence-electron chi connectivity index (χ4n) is 2.08. The monoisotopic (exact) mass is 259 g/mol. The number of halogens is 1. The number of carbonyl (C=O) groups is 1. The first-order valence-corrected chi connectivity index (χ1v) is 5.66. The standard InChI is InChI=1S/C12H10FN5O/c13-10-3-8(5-14)1-2-11(10)18-7-9(4-12(18)19)6-16-17-15/h1-3,9H,4,6-7H2. The highest BCUT2D eigenvalue weighted by Gasteiger charge is 2.31. The van der Waals surface area contributed by atoms with Gasteiger partial charge >= 0.3 is 0 Å². The molecule has 1 heterocycles. The number of azide groups is 1. The van der Waals surface area contributed by atoms with E-state index in [4.69, 9.17) is 10.8 Å². The molecule has 1 amide bonds. The average Bonchev–Trinajstić information content (AvgIpc) is 2.77. The molecule has 1 unspecified atom stereocenters. The van der Waals surface area contributed by atoms with Crippen molar-refractivity contribution >= 4 is 11.6 Å². The largest absolute Gasteiger partial charge is 0.309 e. The first kappa shape index (κ1) is 12.9. The number of rotatable bonds is 3. The van der Waals surface area contributed by atoms with E-state index in [1.54, 1.807) is 0 Å². The van der Waals surface area contributed by atoms with Crippen molar-refractivity contribution in [1.29, 1.82) is 5.26 Å². The Kier molecular flexibility index (Phi) is 3.64. The molecule has 0 bridgehead atoms. The molecule has 1 atom stereocenters. The summed E-state index contributed by atoms with van der Waals surface area (Å²) in [7, 11) is 0. The summed E-state index contributed by atoms with van der Waals surface area (Å²) >= 11 is 0. The summed E-state index contributed by atoms with van der Waals surface area (Å²) in [5, 5.41) is 12.1. The summed E-state index contributed by atoms with van der Waals surface area (Å²) in [5.74, 6) is -0.906. The maximum Gasteiger partial charge on any atom is 0.227 e. The predicted molar refractivity (Wildman–Crippen MR) is 65.6 cm³/mol. The lowest BCUT2D eigenvalue weighted by molar-refractivity contribution is -0.117. The van der Waals surface area contributed by atoms with Gasteiger partial charge in [0.05, 0.1) is 17.3 Å². The van der Waals surface area contributed by atoms with Crippen LogP contribution in [0.5, 0.6) is 0 Å². The van der Waals surface area contributed by atoms with Crippen molar-refractivity contribution in [3.63, 3.8) is 0 Å². The van der Waals surface area contributed by atoms with Crippen molar-refractivity contribution in [2.45, 2.75) is 6.42 Å². The van der Waals surface area contributed by atoms with E-state index >= 15 is 0 Å². The molecule has 1 aliphatic heterocycles. The molecule has 1 aromatic rings. The van der Waals surface area contributed by atoms with Crippen molar-refractivity contribution in [3.05, 3.63) is 40.0 Å². The van der Waals surface area contributed by atoms with E-state index in [0.29, 0.717) is 6.54 Å². The quantitative estimate of drug-likeness (QED) is 0.473. The smallest absolute Gasteiger partial charge is 0.227 e. The van der Waals surface area contributed by atoms with Gasteiger partial charge in [-0.2, -0.15) is 5.26 Å². The number of nitrogens with zero attached hydrogens (tertiary/aromatic N) is 5. The molecule has 0 saturated carbocycles. The summed E-state index contributed by atoms with van der Waals surface area (Å²) in [4.78, 5) is 15.8. The van der Waals surface area contributed by atoms with Crippen molar-refractivity contribution in [2.75, 3.05) is 18.0 Å². The van der Waals surface area contributed by atoms with Crippen LogP contribution in [-0.2, 0) is 4.79 Å².